The van der Waals surface area contributed by atoms with Crippen LogP contribution in [0.25, 0.3) is 0 Å². The highest BCUT2D eigenvalue weighted by Gasteiger charge is 2.70. The molecule has 0 unspecified atom stereocenters. The average molecular weight is 393 g/mol. The van der Waals surface area contributed by atoms with E-state index in [1.54, 1.807) is 0 Å². The van der Waals surface area contributed by atoms with E-state index >= 15 is 0 Å². The Hall–Kier alpha value is -3.20. The van der Waals surface area contributed by atoms with E-state index in [1.807, 2.05) is 55.5 Å². The second kappa shape index (κ2) is 5.48. The van der Waals surface area contributed by atoms with Crippen LogP contribution in [0.1, 0.15) is 41.7 Å². The lowest BCUT2D eigenvalue weighted by Gasteiger charge is -2.57. The van der Waals surface area contributed by atoms with Gasteiger partial charge in [-0.3, -0.25) is 9.59 Å². The van der Waals surface area contributed by atoms with Crippen molar-refractivity contribution in [1.29, 1.82) is 0 Å². The van der Waals surface area contributed by atoms with Crippen molar-refractivity contribution < 1.29 is 9.59 Å². The minimum absolute atomic E-state index is 0.0722. The molecule has 1 heterocycles. The molecule has 1 saturated heterocycles. The van der Waals surface area contributed by atoms with Crippen LogP contribution in [-0.2, 0) is 20.4 Å². The third-order valence-corrected chi connectivity index (χ3v) is 8.00. The molecule has 30 heavy (non-hydrogen) atoms. The van der Waals surface area contributed by atoms with E-state index in [0.29, 0.717) is 5.69 Å². The summed E-state index contributed by atoms with van der Waals surface area (Å²) in [5, 5.41) is 0. The summed E-state index contributed by atoms with van der Waals surface area (Å²) >= 11 is 0. The molecule has 1 aliphatic heterocycles. The lowest BCUT2D eigenvalue weighted by molar-refractivity contribution is -0.124. The quantitative estimate of drug-likeness (QED) is 0.560. The molecule has 0 N–H and O–H groups in total. The van der Waals surface area contributed by atoms with Crippen molar-refractivity contribution >= 4 is 17.5 Å². The van der Waals surface area contributed by atoms with Gasteiger partial charge in [0.05, 0.1) is 17.5 Å². The molecule has 3 nitrogen and oxygen atoms in total. The summed E-state index contributed by atoms with van der Waals surface area (Å²) < 4.78 is 0. The SMILES string of the molecule is Cc1ccccc1N1C(=O)[C@H]2[C@H](C1=O)C1(C)c3ccccc3C2(C)c2ccccc21. The molecule has 2 bridgehead atoms. The standard InChI is InChI=1S/C27H23NO2/c1-16-10-4-9-15-21(16)28-24(29)22-23(25(28)30)27(3)19-13-7-5-11-17(19)26(22,2)18-12-6-8-14-20(18)27/h4-15,22-23H,1-3H3/t22-,23-,26?,27?/m1/s1. The fourth-order valence-corrected chi connectivity index (χ4v) is 6.62. The molecule has 3 aromatic rings. The van der Waals surface area contributed by atoms with E-state index in [2.05, 4.69) is 38.1 Å². The van der Waals surface area contributed by atoms with Crippen molar-refractivity contribution in [3.63, 3.8) is 0 Å². The minimum atomic E-state index is -0.528. The van der Waals surface area contributed by atoms with E-state index in [1.165, 1.54) is 27.2 Å². The molecular formula is C27H23NO2. The van der Waals surface area contributed by atoms with E-state index in [-0.39, 0.29) is 11.8 Å². The van der Waals surface area contributed by atoms with Crippen LogP contribution < -0.4 is 4.90 Å². The van der Waals surface area contributed by atoms with Gasteiger partial charge in [-0.15, -0.1) is 0 Å². The molecule has 0 spiro atoms. The van der Waals surface area contributed by atoms with Crippen LogP contribution in [0.4, 0.5) is 5.69 Å². The van der Waals surface area contributed by atoms with Gasteiger partial charge in [-0.05, 0) is 40.8 Å². The third kappa shape index (κ3) is 1.74. The monoisotopic (exact) mass is 393 g/mol. The van der Waals surface area contributed by atoms with Crippen LogP contribution in [0.15, 0.2) is 72.8 Å². The number of amides is 2. The zero-order valence-corrected chi connectivity index (χ0v) is 17.3. The van der Waals surface area contributed by atoms with Gasteiger partial charge in [0.2, 0.25) is 11.8 Å². The highest BCUT2D eigenvalue weighted by Crippen LogP contribution is 2.66. The lowest BCUT2D eigenvalue weighted by Crippen LogP contribution is -2.59. The first-order valence-electron chi connectivity index (χ1n) is 10.5. The molecule has 4 aliphatic rings. The smallest absolute Gasteiger partial charge is 0.238 e. The number of carbonyl (C=O) groups excluding carboxylic acids is 2. The summed E-state index contributed by atoms with van der Waals surface area (Å²) in [5.41, 5.74) is 5.32. The van der Waals surface area contributed by atoms with Crippen LogP contribution in [-0.4, -0.2) is 11.8 Å². The molecular weight excluding hydrogens is 370 g/mol. The summed E-state index contributed by atoms with van der Waals surface area (Å²) in [4.78, 5) is 29.4. The number of rotatable bonds is 1. The number of anilines is 1. The van der Waals surface area contributed by atoms with Gasteiger partial charge in [0, 0.05) is 10.8 Å². The first-order valence-corrected chi connectivity index (χ1v) is 10.5. The van der Waals surface area contributed by atoms with Crippen molar-refractivity contribution in [2.45, 2.75) is 31.6 Å². The van der Waals surface area contributed by atoms with Gasteiger partial charge in [-0.2, -0.15) is 0 Å². The summed E-state index contributed by atoms with van der Waals surface area (Å²) in [6, 6.07) is 24.5. The molecule has 0 saturated carbocycles. The van der Waals surface area contributed by atoms with Gasteiger partial charge in [-0.25, -0.2) is 4.90 Å². The zero-order valence-electron chi connectivity index (χ0n) is 17.3. The maximum absolute atomic E-state index is 14.0. The number of benzene rings is 3. The van der Waals surface area contributed by atoms with Crippen molar-refractivity contribution in [2.75, 3.05) is 4.90 Å². The van der Waals surface area contributed by atoms with E-state index < -0.39 is 22.7 Å². The molecule has 3 heteroatoms. The molecule has 3 aliphatic carbocycles. The van der Waals surface area contributed by atoms with Crippen LogP contribution in [0.2, 0.25) is 0 Å². The van der Waals surface area contributed by atoms with Crippen LogP contribution in [0, 0.1) is 18.8 Å². The van der Waals surface area contributed by atoms with Crippen molar-refractivity contribution in [1.82, 2.24) is 0 Å². The van der Waals surface area contributed by atoms with Gasteiger partial charge in [0.25, 0.3) is 0 Å². The summed E-state index contributed by atoms with van der Waals surface area (Å²) in [6.45, 7) is 6.28. The van der Waals surface area contributed by atoms with Crippen LogP contribution in [0.5, 0.6) is 0 Å². The van der Waals surface area contributed by atoms with Gasteiger partial charge in [0.1, 0.15) is 0 Å². The Kier molecular flexibility index (Phi) is 3.22. The van der Waals surface area contributed by atoms with Crippen LogP contribution in [0.3, 0.4) is 0 Å². The highest BCUT2D eigenvalue weighted by atomic mass is 16.2. The average Bonchev–Trinajstić information content (AvgIpc) is 3.04. The van der Waals surface area contributed by atoms with Gasteiger partial charge < -0.3 is 0 Å². The van der Waals surface area contributed by atoms with E-state index in [0.717, 1.165) is 5.56 Å². The van der Waals surface area contributed by atoms with Crippen LogP contribution >= 0.6 is 0 Å². The Morgan fingerprint density at radius 2 is 1.00 bits per heavy atom. The zero-order chi connectivity index (χ0) is 20.8. The number of para-hydroxylation sites is 1. The molecule has 2 atom stereocenters. The number of aryl methyl sites for hydroxylation is 1. The van der Waals surface area contributed by atoms with Crippen molar-refractivity contribution in [3.8, 4) is 0 Å². The minimum Gasteiger partial charge on any atom is -0.274 e. The van der Waals surface area contributed by atoms with Crippen molar-refractivity contribution in [3.05, 3.63) is 101 Å². The van der Waals surface area contributed by atoms with E-state index in [9.17, 15) is 9.59 Å². The predicted octanol–water partition coefficient (Wildman–Crippen LogP) is 4.74. The van der Waals surface area contributed by atoms with Gasteiger partial charge in [0.15, 0.2) is 0 Å². The highest BCUT2D eigenvalue weighted by molar-refractivity contribution is 6.24. The Morgan fingerprint density at radius 3 is 1.40 bits per heavy atom. The maximum Gasteiger partial charge on any atom is 0.238 e. The van der Waals surface area contributed by atoms with Crippen molar-refractivity contribution in [2.24, 2.45) is 11.8 Å². The van der Waals surface area contributed by atoms with Gasteiger partial charge in [-0.1, -0.05) is 80.6 Å². The van der Waals surface area contributed by atoms with Gasteiger partial charge >= 0.3 is 0 Å². The normalized spacial score (nSPS) is 30.8. The number of carbonyl (C=O) groups is 2. The van der Waals surface area contributed by atoms with E-state index in [4.69, 9.17) is 0 Å². The fraction of sp³-hybridized carbons (Fsp3) is 0.259. The molecule has 2 amide bonds. The Bertz CT molecular complexity index is 1140. The number of imide groups is 1. The molecule has 0 aromatic heterocycles. The number of nitrogens with zero attached hydrogens (tertiary/aromatic N) is 1. The lowest BCUT2D eigenvalue weighted by atomic mass is 9.42. The molecule has 7 rings (SSSR count). The second-order valence-electron chi connectivity index (χ2n) is 9.25. The Balaban J connectivity index is 1.68. The predicted molar refractivity (Wildman–Crippen MR) is 116 cm³/mol. The summed E-state index contributed by atoms with van der Waals surface area (Å²) in [6.07, 6.45) is 0. The second-order valence-corrected chi connectivity index (χ2v) is 9.25. The third-order valence-electron chi connectivity index (χ3n) is 8.00. The molecule has 3 aromatic carbocycles. The number of hydrogen-bond donors (Lipinski definition) is 0. The molecule has 1 fully saturated rings. The number of hydrogen-bond acceptors (Lipinski definition) is 2. The Morgan fingerprint density at radius 1 is 0.633 bits per heavy atom. The topological polar surface area (TPSA) is 37.4 Å². The summed E-state index contributed by atoms with van der Waals surface area (Å²) in [7, 11) is 0. The largest absolute Gasteiger partial charge is 0.274 e. The molecule has 148 valence electrons. The molecule has 0 radical (unpaired) electrons. The summed E-state index contributed by atoms with van der Waals surface area (Å²) in [5.74, 6) is -0.951. The maximum atomic E-state index is 14.0. The Labute approximate surface area is 176 Å². The fourth-order valence-electron chi connectivity index (χ4n) is 6.62. The first-order chi connectivity index (χ1) is 14.4. The first kappa shape index (κ1) is 17.6.